The van der Waals surface area contributed by atoms with Crippen LogP contribution in [0.2, 0.25) is 0 Å². The van der Waals surface area contributed by atoms with E-state index < -0.39 is 9.84 Å². The van der Waals surface area contributed by atoms with Gasteiger partial charge in [-0.25, -0.2) is 8.42 Å². The van der Waals surface area contributed by atoms with Crippen molar-refractivity contribution >= 4 is 15.5 Å². The summed E-state index contributed by atoms with van der Waals surface area (Å²) in [6, 6.07) is 8.24. The first-order valence-corrected chi connectivity index (χ1v) is 9.41. The van der Waals surface area contributed by atoms with E-state index >= 15 is 0 Å². The highest BCUT2D eigenvalue weighted by Gasteiger charge is 2.20. The second-order valence-corrected chi connectivity index (χ2v) is 8.25. The highest BCUT2D eigenvalue weighted by Crippen LogP contribution is 2.20. The third kappa shape index (κ3) is 4.20. The number of piperidine rings is 1. The van der Waals surface area contributed by atoms with Gasteiger partial charge in [-0.05, 0) is 51.0 Å². The average molecular weight is 310 g/mol. The molecule has 5 heteroatoms. The Morgan fingerprint density at radius 1 is 1.19 bits per heavy atom. The van der Waals surface area contributed by atoms with Gasteiger partial charge in [0.2, 0.25) is 0 Å². The predicted molar refractivity (Wildman–Crippen MR) is 87.5 cm³/mol. The Morgan fingerprint density at radius 2 is 1.76 bits per heavy atom. The van der Waals surface area contributed by atoms with Crippen molar-refractivity contribution in [3.05, 3.63) is 24.3 Å². The van der Waals surface area contributed by atoms with Crippen molar-refractivity contribution in [1.29, 1.82) is 0 Å². The molecule has 0 aromatic heterocycles. The average Bonchev–Trinajstić information content (AvgIpc) is 2.48. The second kappa shape index (κ2) is 6.79. The van der Waals surface area contributed by atoms with E-state index in [1.165, 1.54) is 0 Å². The van der Waals surface area contributed by atoms with Crippen molar-refractivity contribution in [2.45, 2.75) is 50.6 Å². The fourth-order valence-electron chi connectivity index (χ4n) is 2.72. The lowest BCUT2D eigenvalue weighted by atomic mass is 10.0. The molecule has 4 nitrogen and oxygen atoms in total. The van der Waals surface area contributed by atoms with E-state index in [4.69, 9.17) is 0 Å². The normalized spacial score (nSPS) is 18.1. The van der Waals surface area contributed by atoms with Crippen LogP contribution in [0.5, 0.6) is 0 Å². The Hall–Kier alpha value is -1.07. The van der Waals surface area contributed by atoms with Crippen LogP contribution in [0.4, 0.5) is 5.69 Å². The number of rotatable bonds is 5. The first-order valence-electron chi connectivity index (χ1n) is 7.76. The summed E-state index contributed by atoms with van der Waals surface area (Å²) in [6.45, 7) is 8.39. The molecule has 1 fully saturated rings. The van der Waals surface area contributed by atoms with Gasteiger partial charge in [0, 0.05) is 30.9 Å². The lowest BCUT2D eigenvalue weighted by molar-refractivity contribution is 0.177. The highest BCUT2D eigenvalue weighted by molar-refractivity contribution is 7.91. The van der Waals surface area contributed by atoms with Gasteiger partial charge in [0.05, 0.1) is 10.6 Å². The van der Waals surface area contributed by atoms with E-state index in [9.17, 15) is 8.42 Å². The summed E-state index contributed by atoms with van der Waals surface area (Å²) in [5.74, 6) is 0.146. The molecular weight excluding hydrogens is 284 g/mol. The molecule has 0 bridgehead atoms. The Labute approximate surface area is 128 Å². The molecule has 1 aliphatic heterocycles. The molecule has 1 aliphatic rings. The van der Waals surface area contributed by atoms with Crippen LogP contribution in [0, 0.1) is 0 Å². The van der Waals surface area contributed by atoms with Crippen molar-refractivity contribution < 1.29 is 8.42 Å². The van der Waals surface area contributed by atoms with Crippen LogP contribution in [-0.2, 0) is 9.84 Å². The predicted octanol–water partition coefficient (Wildman–Crippen LogP) is 2.76. The molecule has 21 heavy (non-hydrogen) atoms. The summed E-state index contributed by atoms with van der Waals surface area (Å²) in [6.07, 6.45) is 2.26. The van der Waals surface area contributed by atoms with Crippen LogP contribution < -0.4 is 5.32 Å². The standard InChI is InChI=1S/C16H26N2O2S/c1-4-21(19,20)16-7-5-14(6-8-16)17-15-9-11-18(12-10-15)13(2)3/h5-8,13,15,17H,4,9-12H2,1-3H3. The monoisotopic (exact) mass is 310 g/mol. The molecule has 1 N–H and O–H groups in total. The summed E-state index contributed by atoms with van der Waals surface area (Å²) in [5, 5.41) is 3.52. The third-order valence-corrected chi connectivity index (χ3v) is 5.97. The molecule has 0 saturated carbocycles. The van der Waals surface area contributed by atoms with E-state index in [0.29, 0.717) is 17.0 Å². The number of nitrogens with zero attached hydrogens (tertiary/aromatic N) is 1. The number of nitrogens with one attached hydrogen (secondary N) is 1. The first kappa shape index (κ1) is 16.3. The molecule has 0 atom stereocenters. The summed E-state index contributed by atoms with van der Waals surface area (Å²) < 4.78 is 23.6. The number of benzene rings is 1. The maximum Gasteiger partial charge on any atom is 0.178 e. The lowest BCUT2D eigenvalue weighted by Crippen LogP contribution is -2.42. The highest BCUT2D eigenvalue weighted by atomic mass is 32.2. The van der Waals surface area contributed by atoms with Gasteiger partial charge in [-0.3, -0.25) is 0 Å². The van der Waals surface area contributed by atoms with Crippen LogP contribution >= 0.6 is 0 Å². The molecule has 1 aromatic carbocycles. The molecule has 0 spiro atoms. The largest absolute Gasteiger partial charge is 0.382 e. The maximum absolute atomic E-state index is 11.8. The molecule has 0 unspecified atom stereocenters. The van der Waals surface area contributed by atoms with Crippen molar-refractivity contribution in [2.24, 2.45) is 0 Å². The van der Waals surface area contributed by atoms with Gasteiger partial charge in [0.25, 0.3) is 0 Å². The molecule has 1 saturated heterocycles. The van der Waals surface area contributed by atoms with Crippen molar-refractivity contribution in [3.63, 3.8) is 0 Å². The third-order valence-electron chi connectivity index (χ3n) is 4.22. The van der Waals surface area contributed by atoms with Gasteiger partial charge < -0.3 is 10.2 Å². The second-order valence-electron chi connectivity index (χ2n) is 5.98. The zero-order chi connectivity index (χ0) is 15.5. The number of hydrogen-bond donors (Lipinski definition) is 1. The van der Waals surface area contributed by atoms with E-state index in [0.717, 1.165) is 31.6 Å². The minimum atomic E-state index is -3.10. The molecule has 118 valence electrons. The number of likely N-dealkylation sites (tertiary alicyclic amines) is 1. The minimum absolute atomic E-state index is 0.146. The molecule has 1 heterocycles. The van der Waals surface area contributed by atoms with E-state index in [2.05, 4.69) is 24.1 Å². The molecule has 0 aliphatic carbocycles. The topological polar surface area (TPSA) is 49.4 Å². The number of hydrogen-bond acceptors (Lipinski definition) is 4. The molecular formula is C16H26N2O2S. The van der Waals surface area contributed by atoms with E-state index in [1.807, 2.05) is 12.1 Å². The summed E-state index contributed by atoms with van der Waals surface area (Å²) in [4.78, 5) is 2.90. The summed E-state index contributed by atoms with van der Waals surface area (Å²) in [5.41, 5.74) is 1.01. The van der Waals surface area contributed by atoms with E-state index in [-0.39, 0.29) is 5.75 Å². The number of anilines is 1. The van der Waals surface area contributed by atoms with Crippen LogP contribution in [-0.4, -0.2) is 44.2 Å². The van der Waals surface area contributed by atoms with Gasteiger partial charge in [-0.15, -0.1) is 0 Å². The zero-order valence-corrected chi connectivity index (χ0v) is 14.0. The zero-order valence-electron chi connectivity index (χ0n) is 13.2. The SMILES string of the molecule is CCS(=O)(=O)c1ccc(NC2CCN(C(C)C)CC2)cc1. The smallest absolute Gasteiger partial charge is 0.178 e. The van der Waals surface area contributed by atoms with Gasteiger partial charge in [0.15, 0.2) is 9.84 Å². The minimum Gasteiger partial charge on any atom is -0.382 e. The van der Waals surface area contributed by atoms with Gasteiger partial charge in [-0.1, -0.05) is 6.92 Å². The Morgan fingerprint density at radius 3 is 2.24 bits per heavy atom. The van der Waals surface area contributed by atoms with Crippen LogP contribution in [0.15, 0.2) is 29.2 Å². The molecule has 2 rings (SSSR count). The van der Waals surface area contributed by atoms with Crippen molar-refractivity contribution in [3.8, 4) is 0 Å². The van der Waals surface area contributed by atoms with Crippen molar-refractivity contribution in [2.75, 3.05) is 24.2 Å². The van der Waals surface area contributed by atoms with Gasteiger partial charge in [0.1, 0.15) is 0 Å². The maximum atomic E-state index is 11.8. The van der Waals surface area contributed by atoms with Crippen LogP contribution in [0.25, 0.3) is 0 Å². The van der Waals surface area contributed by atoms with E-state index in [1.54, 1.807) is 19.1 Å². The molecule has 0 radical (unpaired) electrons. The Kier molecular flexibility index (Phi) is 5.27. The van der Waals surface area contributed by atoms with Crippen LogP contribution in [0.1, 0.15) is 33.6 Å². The number of sulfone groups is 1. The summed E-state index contributed by atoms with van der Waals surface area (Å²) >= 11 is 0. The molecule has 0 amide bonds. The fourth-order valence-corrected chi connectivity index (χ4v) is 3.61. The first-order chi connectivity index (χ1) is 9.92. The Bertz CT molecular complexity index is 544. The summed E-state index contributed by atoms with van der Waals surface area (Å²) in [7, 11) is -3.10. The van der Waals surface area contributed by atoms with Crippen LogP contribution in [0.3, 0.4) is 0 Å². The molecule has 1 aromatic rings. The van der Waals surface area contributed by atoms with Crippen molar-refractivity contribution in [1.82, 2.24) is 4.90 Å². The Balaban J connectivity index is 1.93. The van der Waals surface area contributed by atoms with Gasteiger partial charge in [-0.2, -0.15) is 0 Å². The quantitative estimate of drug-likeness (QED) is 0.908. The fraction of sp³-hybridized carbons (Fsp3) is 0.625. The van der Waals surface area contributed by atoms with Gasteiger partial charge >= 0.3 is 0 Å². The lowest BCUT2D eigenvalue weighted by Gasteiger charge is -2.35.